The average molecular weight is 780 g/mol. The number of aromatic nitrogens is 1. The zero-order valence-corrected chi connectivity index (χ0v) is 30.4. The number of benzene rings is 4. The molecule has 6 rings (SSSR count). The second kappa shape index (κ2) is 17.0. The summed E-state index contributed by atoms with van der Waals surface area (Å²) in [4.78, 5) is 28.4. The number of methoxy groups -OCH3 is 1. The molecular formula is C40H40F3N3O8S. The molecule has 0 amide bonds. The number of rotatable bonds is 13. The van der Waals surface area contributed by atoms with Crippen molar-refractivity contribution in [3.8, 4) is 11.1 Å². The SMILES string of the molecule is COC(=O)C1CN(C[C@H](O)[C@@H](O)[C@H](O)[C@H](O)CO)Sc2c(-c3cccc(C(F)(F)F)c3)c(Cc3cccc4ccccc34)c(NCc3ccccc3)c(=O)n21. The number of anilines is 1. The highest BCUT2D eigenvalue weighted by molar-refractivity contribution is 7.97. The van der Waals surface area contributed by atoms with Crippen molar-refractivity contribution in [3.05, 3.63) is 130 Å². The van der Waals surface area contributed by atoms with Crippen molar-refractivity contribution in [2.24, 2.45) is 0 Å². The molecular weight excluding hydrogens is 740 g/mol. The van der Waals surface area contributed by atoms with E-state index in [0.29, 0.717) is 5.56 Å². The van der Waals surface area contributed by atoms with Crippen LogP contribution in [0.1, 0.15) is 28.3 Å². The maximum Gasteiger partial charge on any atom is 0.416 e. The highest BCUT2D eigenvalue weighted by Crippen LogP contribution is 2.45. The molecule has 0 saturated carbocycles. The molecule has 1 aliphatic rings. The lowest BCUT2D eigenvalue weighted by Crippen LogP contribution is -2.51. The van der Waals surface area contributed by atoms with Crippen molar-refractivity contribution >= 4 is 34.4 Å². The molecule has 15 heteroatoms. The average Bonchev–Trinajstić information content (AvgIpc) is 3.19. The van der Waals surface area contributed by atoms with Crippen LogP contribution in [0, 0.1) is 0 Å². The number of hydrogen-bond acceptors (Lipinski definition) is 11. The van der Waals surface area contributed by atoms with E-state index in [4.69, 9.17) is 4.74 Å². The second-order valence-electron chi connectivity index (χ2n) is 13.2. The summed E-state index contributed by atoms with van der Waals surface area (Å²) in [6.07, 6.45) is -12.1. The minimum absolute atomic E-state index is 0.0625. The molecule has 0 fully saturated rings. The summed E-state index contributed by atoms with van der Waals surface area (Å²) in [5, 5.41) is 56.1. The maximum absolute atomic E-state index is 14.9. The number of pyridine rings is 1. The van der Waals surface area contributed by atoms with Gasteiger partial charge in [0, 0.05) is 31.6 Å². The first kappa shape index (κ1) is 39.9. The lowest BCUT2D eigenvalue weighted by atomic mass is 9.91. The Hall–Kier alpha value is -4.74. The molecule has 0 aliphatic carbocycles. The molecule has 5 atom stereocenters. The monoisotopic (exact) mass is 779 g/mol. The van der Waals surface area contributed by atoms with Gasteiger partial charge in [-0.2, -0.15) is 13.2 Å². The number of nitrogens with zero attached hydrogens (tertiary/aromatic N) is 2. The molecule has 0 bridgehead atoms. The summed E-state index contributed by atoms with van der Waals surface area (Å²) in [5.41, 5.74) is 0.724. The van der Waals surface area contributed by atoms with Gasteiger partial charge in [0.2, 0.25) is 0 Å². The molecule has 2 heterocycles. The van der Waals surface area contributed by atoms with Crippen LogP contribution in [0.15, 0.2) is 107 Å². The van der Waals surface area contributed by atoms with E-state index in [0.717, 1.165) is 53.1 Å². The van der Waals surface area contributed by atoms with Gasteiger partial charge in [0.25, 0.3) is 5.56 Å². The third-order valence-electron chi connectivity index (χ3n) is 9.60. The fourth-order valence-corrected chi connectivity index (χ4v) is 8.08. The normalized spacial score (nSPS) is 16.9. The number of ether oxygens (including phenoxy) is 1. The third kappa shape index (κ3) is 8.58. The van der Waals surface area contributed by atoms with Gasteiger partial charge >= 0.3 is 12.1 Å². The Morgan fingerprint density at radius 1 is 0.927 bits per heavy atom. The molecule has 0 radical (unpaired) electrons. The minimum atomic E-state index is -4.72. The standard InChI is InChI=1S/C40H40F3N3O8S/c1-54-39(53)30-20-45(21-31(48)35(50)36(51)32(49)22-47)55-38-33(26-14-8-15-27(17-26)40(41,42)43)29(18-25-13-7-12-24-11-5-6-16-28(24)25)34(37(52)46(30)38)44-19-23-9-3-2-4-10-23/h2-17,30-32,35-36,44,47-51H,18-22H2,1H3/t30?,31-,32+,35+,36+/m0/s1. The number of halogens is 3. The predicted octanol–water partition coefficient (Wildman–Crippen LogP) is 4.36. The fourth-order valence-electron chi connectivity index (χ4n) is 6.76. The van der Waals surface area contributed by atoms with Crippen LogP contribution >= 0.6 is 11.9 Å². The second-order valence-corrected chi connectivity index (χ2v) is 14.3. The van der Waals surface area contributed by atoms with Crippen molar-refractivity contribution < 1.29 is 48.2 Å². The van der Waals surface area contributed by atoms with Crippen molar-refractivity contribution in [3.63, 3.8) is 0 Å². The van der Waals surface area contributed by atoms with Crippen molar-refractivity contribution in [2.45, 2.75) is 54.6 Å². The smallest absolute Gasteiger partial charge is 0.416 e. The number of alkyl halides is 3. The molecule has 0 spiro atoms. The molecule has 1 aromatic heterocycles. The Morgan fingerprint density at radius 2 is 1.60 bits per heavy atom. The molecule has 1 aliphatic heterocycles. The van der Waals surface area contributed by atoms with Crippen LogP contribution in [0.5, 0.6) is 0 Å². The number of aliphatic hydroxyl groups is 5. The number of esters is 1. The van der Waals surface area contributed by atoms with E-state index in [1.807, 2.05) is 72.8 Å². The molecule has 5 aromatic rings. The van der Waals surface area contributed by atoms with E-state index < -0.39 is 66.9 Å². The van der Waals surface area contributed by atoms with E-state index in [-0.39, 0.29) is 41.4 Å². The van der Waals surface area contributed by atoms with Gasteiger partial charge < -0.3 is 35.6 Å². The largest absolute Gasteiger partial charge is 0.467 e. The zero-order valence-electron chi connectivity index (χ0n) is 29.6. The quantitative estimate of drug-likeness (QED) is 0.0744. The summed E-state index contributed by atoms with van der Waals surface area (Å²) in [7, 11) is 1.13. The van der Waals surface area contributed by atoms with Gasteiger partial charge in [0.15, 0.2) is 0 Å². The van der Waals surface area contributed by atoms with Crippen LogP contribution in [0.3, 0.4) is 0 Å². The Labute approximate surface area is 318 Å². The van der Waals surface area contributed by atoms with Crippen molar-refractivity contribution in [1.29, 1.82) is 0 Å². The van der Waals surface area contributed by atoms with Crippen LogP contribution in [0.4, 0.5) is 18.9 Å². The van der Waals surface area contributed by atoms with Gasteiger partial charge in [-0.25, -0.2) is 9.10 Å². The van der Waals surface area contributed by atoms with Gasteiger partial charge in [-0.3, -0.25) is 9.36 Å². The third-order valence-corrected chi connectivity index (χ3v) is 10.7. The van der Waals surface area contributed by atoms with Gasteiger partial charge in [0.1, 0.15) is 35.1 Å². The summed E-state index contributed by atoms with van der Waals surface area (Å²) < 4.78 is 50.6. The van der Waals surface area contributed by atoms with Crippen LogP contribution in [0.25, 0.3) is 21.9 Å². The minimum Gasteiger partial charge on any atom is -0.467 e. The van der Waals surface area contributed by atoms with E-state index in [2.05, 4.69) is 5.32 Å². The van der Waals surface area contributed by atoms with E-state index in [1.165, 1.54) is 21.0 Å². The number of hydrogen-bond donors (Lipinski definition) is 6. The molecule has 11 nitrogen and oxygen atoms in total. The van der Waals surface area contributed by atoms with Gasteiger partial charge in [-0.1, -0.05) is 84.9 Å². The predicted molar refractivity (Wildman–Crippen MR) is 201 cm³/mol. The van der Waals surface area contributed by atoms with Gasteiger partial charge in [0.05, 0.1) is 25.4 Å². The number of nitrogens with one attached hydrogen (secondary N) is 1. The maximum atomic E-state index is 14.9. The number of carbonyl (C=O) groups is 1. The Balaban J connectivity index is 1.61. The van der Waals surface area contributed by atoms with Crippen molar-refractivity contribution in [2.75, 3.05) is 32.1 Å². The molecule has 55 heavy (non-hydrogen) atoms. The topological polar surface area (TPSA) is 165 Å². The lowest BCUT2D eigenvalue weighted by molar-refractivity contribution is -0.145. The highest BCUT2D eigenvalue weighted by Gasteiger charge is 2.40. The number of aliphatic hydroxyl groups excluding tert-OH is 5. The number of β-amino-alcohol motifs (C(OH)–C–C–N with tert-alkyl or cyclic N) is 1. The Morgan fingerprint density at radius 3 is 2.31 bits per heavy atom. The van der Waals surface area contributed by atoms with Gasteiger partial charge in [-0.05, 0) is 57.1 Å². The van der Waals surface area contributed by atoms with Gasteiger partial charge in [-0.15, -0.1) is 0 Å². The van der Waals surface area contributed by atoms with E-state index in [9.17, 15) is 48.3 Å². The molecule has 6 N–H and O–H groups in total. The van der Waals surface area contributed by atoms with E-state index in [1.54, 1.807) is 0 Å². The Kier molecular flexibility index (Phi) is 12.3. The summed E-state index contributed by atoms with van der Waals surface area (Å²) in [6.45, 7) is -1.45. The van der Waals surface area contributed by atoms with Crippen LogP contribution in [-0.4, -0.2) is 91.6 Å². The number of carbonyl (C=O) groups excluding carboxylic acids is 1. The fraction of sp³-hybridized carbons (Fsp3) is 0.300. The van der Waals surface area contributed by atoms with Crippen LogP contribution in [0.2, 0.25) is 0 Å². The van der Waals surface area contributed by atoms with Crippen LogP contribution in [-0.2, 0) is 28.7 Å². The van der Waals surface area contributed by atoms with Crippen molar-refractivity contribution in [1.82, 2.24) is 8.87 Å². The van der Waals surface area contributed by atoms with E-state index >= 15 is 0 Å². The summed E-state index contributed by atoms with van der Waals surface area (Å²) in [5.74, 6) is -0.856. The zero-order chi connectivity index (χ0) is 39.4. The Bertz CT molecular complexity index is 2200. The molecule has 4 aromatic carbocycles. The first-order chi connectivity index (χ1) is 26.3. The molecule has 1 unspecified atom stereocenters. The molecule has 290 valence electrons. The van der Waals surface area contributed by atoms with Crippen LogP contribution < -0.4 is 10.9 Å². The highest BCUT2D eigenvalue weighted by atomic mass is 32.2. The number of fused-ring (bicyclic) bond motifs is 2. The first-order valence-corrected chi connectivity index (χ1v) is 18.2. The summed E-state index contributed by atoms with van der Waals surface area (Å²) in [6, 6.07) is 25.7. The summed E-state index contributed by atoms with van der Waals surface area (Å²) >= 11 is 0.876. The molecule has 0 saturated heterocycles. The first-order valence-electron chi connectivity index (χ1n) is 17.4. The lowest BCUT2D eigenvalue weighted by Gasteiger charge is -2.37.